The van der Waals surface area contributed by atoms with E-state index in [-0.39, 0.29) is 0 Å². The minimum absolute atomic E-state index is 0.395. The van der Waals surface area contributed by atoms with Gasteiger partial charge < -0.3 is 10.1 Å². The van der Waals surface area contributed by atoms with Gasteiger partial charge in [-0.25, -0.2) is 0 Å². The van der Waals surface area contributed by atoms with Gasteiger partial charge in [-0.05, 0) is 49.4 Å². The molecule has 0 aromatic heterocycles. The molecule has 1 aromatic carbocycles. The lowest BCUT2D eigenvalue weighted by molar-refractivity contribution is 0.287. The lowest BCUT2D eigenvalue weighted by Gasteiger charge is -2.31. The molecule has 0 radical (unpaired) electrons. The molecule has 2 atom stereocenters. The SMILES string of the molecule is CCCNC1C(Sc2cccc(OC)c2)CCC1(C)C. The van der Waals surface area contributed by atoms with Crippen LogP contribution in [0.5, 0.6) is 5.75 Å². The van der Waals surface area contributed by atoms with Crippen LogP contribution in [0, 0.1) is 5.41 Å². The van der Waals surface area contributed by atoms with E-state index in [0.717, 1.165) is 12.3 Å². The van der Waals surface area contributed by atoms with Gasteiger partial charge in [0, 0.05) is 16.2 Å². The highest BCUT2D eigenvalue weighted by Gasteiger charge is 2.41. The molecular formula is C17H27NOS. The van der Waals surface area contributed by atoms with E-state index in [2.05, 4.69) is 44.3 Å². The summed E-state index contributed by atoms with van der Waals surface area (Å²) in [5, 5.41) is 4.42. The van der Waals surface area contributed by atoms with Gasteiger partial charge in [0.25, 0.3) is 0 Å². The predicted molar refractivity (Wildman–Crippen MR) is 87.7 cm³/mol. The summed E-state index contributed by atoms with van der Waals surface area (Å²) in [7, 11) is 1.73. The van der Waals surface area contributed by atoms with Crippen molar-refractivity contribution in [2.45, 2.75) is 56.2 Å². The number of rotatable bonds is 6. The van der Waals surface area contributed by atoms with Crippen molar-refractivity contribution in [1.29, 1.82) is 0 Å². The summed E-state index contributed by atoms with van der Waals surface area (Å²) in [4.78, 5) is 1.32. The molecule has 0 spiro atoms. The van der Waals surface area contributed by atoms with E-state index in [1.165, 1.54) is 24.2 Å². The highest BCUT2D eigenvalue weighted by atomic mass is 32.2. The molecule has 0 heterocycles. The van der Waals surface area contributed by atoms with Crippen LogP contribution in [0.3, 0.4) is 0 Å². The molecule has 0 saturated heterocycles. The zero-order valence-electron chi connectivity index (χ0n) is 13.1. The molecule has 3 heteroatoms. The van der Waals surface area contributed by atoms with E-state index in [9.17, 15) is 0 Å². The molecule has 0 bridgehead atoms. The molecule has 1 fully saturated rings. The second-order valence-electron chi connectivity index (χ2n) is 6.29. The predicted octanol–water partition coefficient (Wildman–Crippen LogP) is 4.34. The van der Waals surface area contributed by atoms with Crippen molar-refractivity contribution in [3.05, 3.63) is 24.3 Å². The van der Waals surface area contributed by atoms with Crippen LogP contribution in [-0.4, -0.2) is 24.9 Å². The monoisotopic (exact) mass is 293 g/mol. The van der Waals surface area contributed by atoms with Crippen LogP contribution in [0.2, 0.25) is 0 Å². The van der Waals surface area contributed by atoms with E-state index >= 15 is 0 Å². The lowest BCUT2D eigenvalue weighted by atomic mass is 9.87. The second-order valence-corrected chi connectivity index (χ2v) is 7.61. The standard InChI is InChI=1S/C17H27NOS/c1-5-11-18-16-15(9-10-17(16,2)3)20-14-8-6-7-13(12-14)19-4/h6-8,12,15-16,18H,5,9-11H2,1-4H3. The van der Waals surface area contributed by atoms with Gasteiger partial charge in [0.2, 0.25) is 0 Å². The van der Waals surface area contributed by atoms with E-state index in [4.69, 9.17) is 4.74 Å². The highest BCUT2D eigenvalue weighted by molar-refractivity contribution is 8.00. The van der Waals surface area contributed by atoms with Gasteiger partial charge in [-0.1, -0.05) is 26.8 Å². The molecule has 112 valence electrons. The average molecular weight is 293 g/mol. The number of thioether (sulfide) groups is 1. The summed E-state index contributed by atoms with van der Waals surface area (Å²) in [6.07, 6.45) is 3.79. The molecule has 0 aliphatic heterocycles. The molecule has 1 aromatic rings. The summed E-state index contributed by atoms with van der Waals surface area (Å²) >= 11 is 2.00. The Balaban J connectivity index is 2.06. The largest absolute Gasteiger partial charge is 0.497 e. The Hall–Kier alpha value is -0.670. The molecular weight excluding hydrogens is 266 g/mol. The Morgan fingerprint density at radius 3 is 2.90 bits per heavy atom. The van der Waals surface area contributed by atoms with Crippen LogP contribution in [-0.2, 0) is 0 Å². The summed E-state index contributed by atoms with van der Waals surface area (Å²) in [5.74, 6) is 0.949. The number of methoxy groups -OCH3 is 1. The third-order valence-corrected chi connectivity index (χ3v) is 5.57. The minimum atomic E-state index is 0.395. The van der Waals surface area contributed by atoms with Crippen LogP contribution in [0.4, 0.5) is 0 Å². The maximum Gasteiger partial charge on any atom is 0.119 e. The molecule has 1 saturated carbocycles. The van der Waals surface area contributed by atoms with Crippen molar-refractivity contribution in [3.8, 4) is 5.75 Å². The zero-order valence-corrected chi connectivity index (χ0v) is 13.9. The maximum atomic E-state index is 5.32. The molecule has 2 nitrogen and oxygen atoms in total. The second kappa shape index (κ2) is 6.86. The molecule has 1 aliphatic carbocycles. The normalized spacial score (nSPS) is 24.8. The Morgan fingerprint density at radius 2 is 2.20 bits per heavy atom. The van der Waals surface area contributed by atoms with E-state index in [1.54, 1.807) is 7.11 Å². The van der Waals surface area contributed by atoms with E-state index < -0.39 is 0 Å². The first kappa shape index (κ1) is 15.7. The Morgan fingerprint density at radius 1 is 1.40 bits per heavy atom. The molecule has 1 aliphatic rings. The van der Waals surface area contributed by atoms with Gasteiger partial charge in [0.15, 0.2) is 0 Å². The maximum absolute atomic E-state index is 5.32. The van der Waals surface area contributed by atoms with Gasteiger partial charge in [-0.2, -0.15) is 0 Å². The van der Waals surface area contributed by atoms with E-state index in [1.807, 2.05) is 17.8 Å². The van der Waals surface area contributed by atoms with Crippen molar-refractivity contribution in [2.24, 2.45) is 5.41 Å². The number of nitrogens with one attached hydrogen (secondary N) is 1. The van der Waals surface area contributed by atoms with Crippen LogP contribution < -0.4 is 10.1 Å². The van der Waals surface area contributed by atoms with Gasteiger partial charge >= 0.3 is 0 Å². The summed E-state index contributed by atoms with van der Waals surface area (Å²) in [6.45, 7) is 8.14. The smallest absolute Gasteiger partial charge is 0.119 e. The van der Waals surface area contributed by atoms with Crippen LogP contribution in [0.25, 0.3) is 0 Å². The highest BCUT2D eigenvalue weighted by Crippen LogP contribution is 2.45. The zero-order chi connectivity index (χ0) is 14.6. The third-order valence-electron chi connectivity index (χ3n) is 4.23. The molecule has 0 amide bonds. The van der Waals surface area contributed by atoms with Gasteiger partial charge in [-0.3, -0.25) is 0 Å². The van der Waals surface area contributed by atoms with Crippen molar-refractivity contribution in [1.82, 2.24) is 5.32 Å². The van der Waals surface area contributed by atoms with Crippen LogP contribution in [0.15, 0.2) is 29.2 Å². The fourth-order valence-electron chi connectivity index (χ4n) is 3.02. The first-order valence-electron chi connectivity index (χ1n) is 7.61. The van der Waals surface area contributed by atoms with Gasteiger partial charge in [0.05, 0.1) is 7.11 Å². The Kier molecular flexibility index (Phi) is 5.39. The quantitative estimate of drug-likeness (QED) is 0.843. The Labute approximate surface area is 127 Å². The Bertz CT molecular complexity index is 433. The average Bonchev–Trinajstić information content (AvgIpc) is 2.72. The van der Waals surface area contributed by atoms with E-state index in [0.29, 0.717) is 16.7 Å². The number of hydrogen-bond acceptors (Lipinski definition) is 3. The fraction of sp³-hybridized carbons (Fsp3) is 0.647. The van der Waals surface area contributed by atoms with Crippen molar-refractivity contribution >= 4 is 11.8 Å². The number of ether oxygens (including phenoxy) is 1. The van der Waals surface area contributed by atoms with Crippen LogP contribution >= 0.6 is 11.8 Å². The van der Waals surface area contributed by atoms with Crippen molar-refractivity contribution < 1.29 is 4.74 Å². The van der Waals surface area contributed by atoms with Gasteiger partial charge in [0.1, 0.15) is 5.75 Å². The molecule has 2 unspecified atom stereocenters. The number of hydrogen-bond donors (Lipinski definition) is 1. The third kappa shape index (κ3) is 3.70. The van der Waals surface area contributed by atoms with Crippen LogP contribution in [0.1, 0.15) is 40.0 Å². The topological polar surface area (TPSA) is 21.3 Å². The first-order valence-corrected chi connectivity index (χ1v) is 8.49. The lowest BCUT2D eigenvalue weighted by Crippen LogP contribution is -2.43. The minimum Gasteiger partial charge on any atom is -0.497 e. The summed E-state index contributed by atoms with van der Waals surface area (Å²) < 4.78 is 5.32. The first-order chi connectivity index (χ1) is 9.56. The van der Waals surface area contributed by atoms with Crippen molar-refractivity contribution in [2.75, 3.05) is 13.7 Å². The molecule has 20 heavy (non-hydrogen) atoms. The fourth-order valence-corrected chi connectivity index (χ4v) is 4.55. The summed E-state index contributed by atoms with van der Waals surface area (Å²) in [6, 6.07) is 9.02. The number of benzene rings is 1. The molecule has 2 rings (SSSR count). The summed E-state index contributed by atoms with van der Waals surface area (Å²) in [5.41, 5.74) is 0.395. The van der Waals surface area contributed by atoms with Crippen molar-refractivity contribution in [3.63, 3.8) is 0 Å². The van der Waals surface area contributed by atoms with Gasteiger partial charge in [-0.15, -0.1) is 11.8 Å². The molecule has 1 N–H and O–H groups in total.